The molecule has 0 fully saturated rings. The number of carbonyl (C=O) groups is 2. The molecule has 0 unspecified atom stereocenters. The molecule has 1 heterocycles. The van der Waals surface area contributed by atoms with E-state index in [0.29, 0.717) is 18.1 Å². The molecule has 0 radical (unpaired) electrons. The van der Waals surface area contributed by atoms with Gasteiger partial charge in [-0.3, -0.25) is 10.1 Å². The molecule has 1 aromatic rings. The van der Waals surface area contributed by atoms with Crippen LogP contribution in [0.5, 0.6) is 0 Å². The molecular weight excluding hydrogens is 278 g/mol. The minimum Gasteiger partial charge on any atom is -0.481 e. The largest absolute Gasteiger partial charge is 0.481 e. The lowest BCUT2D eigenvalue weighted by Crippen LogP contribution is -2.32. The number of anilines is 1. The number of amides is 2. The van der Waals surface area contributed by atoms with Gasteiger partial charge in [0.1, 0.15) is 0 Å². The summed E-state index contributed by atoms with van der Waals surface area (Å²) in [5.41, 5.74) is -0.108. The Morgan fingerprint density at radius 2 is 2.10 bits per heavy atom. The Morgan fingerprint density at radius 1 is 1.40 bits per heavy atom. The van der Waals surface area contributed by atoms with E-state index in [1.807, 2.05) is 20.8 Å². The molecule has 0 spiro atoms. The molecule has 1 rings (SSSR count). The molecule has 0 aliphatic rings. The molecule has 7 heteroatoms. The molecule has 0 aromatic carbocycles. The van der Waals surface area contributed by atoms with Gasteiger partial charge in [0.2, 0.25) is 0 Å². The van der Waals surface area contributed by atoms with Gasteiger partial charge in [-0.25, -0.2) is 9.78 Å². The standard InChI is InChI=1S/C13H21N3O3S/c1-9-8-15-12(20-9)16-11(19)14-7-6-13(2,3)5-4-10(17)18/h8H,4-7H2,1-3H3,(H,17,18)(H2,14,15,16,19). The summed E-state index contributed by atoms with van der Waals surface area (Å²) in [5, 5.41) is 14.7. The molecule has 3 N–H and O–H groups in total. The van der Waals surface area contributed by atoms with Gasteiger partial charge in [0, 0.05) is 24.0 Å². The molecule has 0 atom stereocenters. The van der Waals surface area contributed by atoms with Crippen LogP contribution in [0.4, 0.5) is 9.93 Å². The van der Waals surface area contributed by atoms with Crippen molar-refractivity contribution in [1.82, 2.24) is 10.3 Å². The maximum atomic E-state index is 11.6. The first kappa shape index (κ1) is 16.4. The van der Waals surface area contributed by atoms with Gasteiger partial charge in [0.25, 0.3) is 0 Å². The van der Waals surface area contributed by atoms with Gasteiger partial charge < -0.3 is 10.4 Å². The normalized spacial score (nSPS) is 11.2. The van der Waals surface area contributed by atoms with E-state index in [-0.39, 0.29) is 17.9 Å². The van der Waals surface area contributed by atoms with Crippen molar-refractivity contribution in [2.45, 2.75) is 40.0 Å². The summed E-state index contributed by atoms with van der Waals surface area (Å²) in [6.07, 6.45) is 3.18. The Morgan fingerprint density at radius 3 is 2.65 bits per heavy atom. The number of nitrogens with zero attached hydrogens (tertiary/aromatic N) is 1. The smallest absolute Gasteiger partial charge is 0.321 e. The van der Waals surface area contributed by atoms with Gasteiger partial charge in [-0.15, -0.1) is 11.3 Å². The van der Waals surface area contributed by atoms with Crippen LogP contribution < -0.4 is 10.6 Å². The van der Waals surface area contributed by atoms with E-state index < -0.39 is 5.97 Å². The fraction of sp³-hybridized carbons (Fsp3) is 0.615. The topological polar surface area (TPSA) is 91.3 Å². The summed E-state index contributed by atoms with van der Waals surface area (Å²) < 4.78 is 0. The summed E-state index contributed by atoms with van der Waals surface area (Å²) >= 11 is 1.42. The van der Waals surface area contributed by atoms with Crippen molar-refractivity contribution in [3.05, 3.63) is 11.1 Å². The van der Waals surface area contributed by atoms with Gasteiger partial charge in [-0.2, -0.15) is 0 Å². The molecule has 20 heavy (non-hydrogen) atoms. The lowest BCUT2D eigenvalue weighted by atomic mass is 9.84. The number of thiazole rings is 1. The highest BCUT2D eigenvalue weighted by molar-refractivity contribution is 7.15. The van der Waals surface area contributed by atoms with E-state index in [9.17, 15) is 9.59 Å². The summed E-state index contributed by atoms with van der Waals surface area (Å²) in [6, 6.07) is -0.284. The van der Waals surface area contributed by atoms with Crippen molar-refractivity contribution < 1.29 is 14.7 Å². The second kappa shape index (κ2) is 7.23. The summed E-state index contributed by atoms with van der Waals surface area (Å²) in [5.74, 6) is -0.789. The monoisotopic (exact) mass is 299 g/mol. The summed E-state index contributed by atoms with van der Waals surface area (Å²) in [6.45, 7) is 6.42. The fourth-order valence-electron chi connectivity index (χ4n) is 1.64. The molecule has 112 valence electrons. The molecule has 0 bridgehead atoms. The number of aromatic nitrogens is 1. The number of carbonyl (C=O) groups excluding carboxylic acids is 1. The van der Waals surface area contributed by atoms with Crippen LogP contribution in [-0.2, 0) is 4.79 Å². The minimum absolute atomic E-state index is 0.108. The minimum atomic E-state index is -0.789. The molecule has 6 nitrogen and oxygen atoms in total. The number of nitrogens with one attached hydrogen (secondary N) is 2. The van der Waals surface area contributed by atoms with E-state index in [1.54, 1.807) is 6.20 Å². The average Bonchev–Trinajstić information content (AvgIpc) is 2.72. The maximum absolute atomic E-state index is 11.6. The van der Waals surface area contributed by atoms with E-state index >= 15 is 0 Å². The van der Waals surface area contributed by atoms with Crippen molar-refractivity contribution in [2.75, 3.05) is 11.9 Å². The maximum Gasteiger partial charge on any atom is 0.321 e. The van der Waals surface area contributed by atoms with Gasteiger partial charge in [-0.05, 0) is 25.2 Å². The second-order valence-corrected chi connectivity index (χ2v) is 6.70. The second-order valence-electron chi connectivity index (χ2n) is 5.46. The van der Waals surface area contributed by atoms with Crippen LogP contribution in [0.15, 0.2) is 6.20 Å². The van der Waals surface area contributed by atoms with Crippen LogP contribution >= 0.6 is 11.3 Å². The third kappa shape index (κ3) is 6.51. The summed E-state index contributed by atoms with van der Waals surface area (Å²) in [4.78, 5) is 27.3. The zero-order valence-electron chi connectivity index (χ0n) is 12.0. The first-order valence-electron chi connectivity index (χ1n) is 6.47. The Bertz CT molecular complexity index is 471. The highest BCUT2D eigenvalue weighted by Crippen LogP contribution is 2.26. The Kier molecular flexibility index (Phi) is 5.94. The third-order valence-corrected chi connectivity index (χ3v) is 3.77. The zero-order chi connectivity index (χ0) is 15.2. The predicted octanol–water partition coefficient (Wildman–Crippen LogP) is 2.85. The van der Waals surface area contributed by atoms with E-state index in [0.717, 1.165) is 11.3 Å². The highest BCUT2D eigenvalue weighted by Gasteiger charge is 2.19. The number of rotatable bonds is 7. The van der Waals surface area contributed by atoms with Gasteiger partial charge in [0.15, 0.2) is 5.13 Å². The molecular formula is C13H21N3O3S. The molecule has 0 saturated carbocycles. The van der Waals surface area contributed by atoms with Crippen molar-refractivity contribution in [3.8, 4) is 0 Å². The van der Waals surface area contributed by atoms with Gasteiger partial charge in [0.05, 0.1) is 0 Å². The zero-order valence-corrected chi connectivity index (χ0v) is 12.8. The number of carboxylic acid groups (broad SMARTS) is 1. The van der Waals surface area contributed by atoms with E-state index in [4.69, 9.17) is 5.11 Å². The van der Waals surface area contributed by atoms with Crippen molar-refractivity contribution in [1.29, 1.82) is 0 Å². The molecule has 0 aliphatic heterocycles. The Hall–Kier alpha value is -1.63. The number of hydrogen-bond donors (Lipinski definition) is 3. The average molecular weight is 299 g/mol. The molecule has 0 aliphatic carbocycles. The quantitative estimate of drug-likeness (QED) is 0.722. The number of aryl methyl sites for hydroxylation is 1. The lowest BCUT2D eigenvalue weighted by Gasteiger charge is -2.23. The van der Waals surface area contributed by atoms with Crippen molar-refractivity contribution in [2.24, 2.45) is 5.41 Å². The molecule has 0 saturated heterocycles. The highest BCUT2D eigenvalue weighted by atomic mass is 32.1. The van der Waals surface area contributed by atoms with Crippen LogP contribution in [0.25, 0.3) is 0 Å². The SMILES string of the molecule is Cc1cnc(NC(=O)NCCC(C)(C)CCC(=O)O)s1. The fourth-order valence-corrected chi connectivity index (χ4v) is 2.30. The third-order valence-electron chi connectivity index (χ3n) is 2.94. The van der Waals surface area contributed by atoms with Gasteiger partial charge in [-0.1, -0.05) is 13.8 Å². The first-order valence-corrected chi connectivity index (χ1v) is 7.29. The molecule has 1 aromatic heterocycles. The number of urea groups is 1. The number of aliphatic carboxylic acids is 1. The van der Waals surface area contributed by atoms with Crippen molar-refractivity contribution in [3.63, 3.8) is 0 Å². The van der Waals surface area contributed by atoms with Gasteiger partial charge >= 0.3 is 12.0 Å². The van der Waals surface area contributed by atoms with Crippen LogP contribution in [0, 0.1) is 12.3 Å². The van der Waals surface area contributed by atoms with Crippen LogP contribution in [-0.4, -0.2) is 28.6 Å². The predicted molar refractivity (Wildman–Crippen MR) is 79.1 cm³/mol. The lowest BCUT2D eigenvalue weighted by molar-refractivity contribution is -0.137. The summed E-state index contributed by atoms with van der Waals surface area (Å²) in [7, 11) is 0. The number of carboxylic acids is 1. The first-order chi connectivity index (χ1) is 9.28. The van der Waals surface area contributed by atoms with Crippen molar-refractivity contribution >= 4 is 28.5 Å². The Balaban J connectivity index is 2.25. The van der Waals surface area contributed by atoms with Crippen LogP contribution in [0.1, 0.15) is 38.0 Å². The Labute approximate surface area is 122 Å². The number of hydrogen-bond acceptors (Lipinski definition) is 4. The van der Waals surface area contributed by atoms with Crippen LogP contribution in [0.3, 0.4) is 0 Å². The van der Waals surface area contributed by atoms with E-state index in [1.165, 1.54) is 11.3 Å². The van der Waals surface area contributed by atoms with Crippen LogP contribution in [0.2, 0.25) is 0 Å². The van der Waals surface area contributed by atoms with E-state index in [2.05, 4.69) is 15.6 Å². The molecule has 2 amide bonds.